The number of amides is 1. The second-order valence-corrected chi connectivity index (χ2v) is 4.89. The van der Waals surface area contributed by atoms with Gasteiger partial charge in [-0.1, -0.05) is 13.8 Å². The third kappa shape index (κ3) is 3.89. The normalized spacial score (nSPS) is 13.1. The highest BCUT2D eigenvalue weighted by Gasteiger charge is 2.23. The van der Waals surface area contributed by atoms with Crippen molar-refractivity contribution in [1.29, 1.82) is 0 Å². The summed E-state index contributed by atoms with van der Waals surface area (Å²) in [5.41, 5.74) is 6.05. The van der Waals surface area contributed by atoms with Gasteiger partial charge in [-0.2, -0.15) is 0 Å². The number of rotatable bonds is 6. The van der Waals surface area contributed by atoms with E-state index in [1.165, 1.54) is 0 Å². The van der Waals surface area contributed by atoms with Gasteiger partial charge in [-0.25, -0.2) is 0 Å². The molecule has 18 heavy (non-hydrogen) atoms. The fourth-order valence-electron chi connectivity index (χ4n) is 1.53. The molecular weight excluding hydrogens is 234 g/mol. The number of carboxylic acids is 1. The average Bonchev–Trinajstić information content (AvgIpc) is 2.80. The van der Waals surface area contributed by atoms with Crippen LogP contribution in [0.25, 0.3) is 0 Å². The largest absolute Gasteiger partial charge is 0.480 e. The van der Waals surface area contributed by atoms with Gasteiger partial charge in [0.15, 0.2) is 0 Å². The summed E-state index contributed by atoms with van der Waals surface area (Å²) in [5.74, 6) is -1.53. The zero-order chi connectivity index (χ0) is 13.8. The quantitative estimate of drug-likeness (QED) is 0.581. The van der Waals surface area contributed by atoms with Gasteiger partial charge < -0.3 is 21.1 Å². The lowest BCUT2D eigenvalue weighted by Gasteiger charge is -2.24. The van der Waals surface area contributed by atoms with Crippen LogP contribution in [0, 0.1) is 0 Å². The van der Waals surface area contributed by atoms with Crippen LogP contribution in [0.4, 0.5) is 0 Å². The number of carbonyl (C=O) groups is 2. The van der Waals surface area contributed by atoms with Crippen LogP contribution in [0.15, 0.2) is 18.3 Å². The Morgan fingerprint density at radius 1 is 1.56 bits per heavy atom. The lowest BCUT2D eigenvalue weighted by molar-refractivity contribution is -0.140. The Kier molecular flexibility index (Phi) is 4.49. The highest BCUT2D eigenvalue weighted by molar-refractivity contribution is 5.84. The maximum Gasteiger partial charge on any atom is 0.321 e. The van der Waals surface area contributed by atoms with Crippen molar-refractivity contribution in [3.05, 3.63) is 24.0 Å². The lowest BCUT2D eigenvalue weighted by atomic mass is 9.89. The molecule has 1 rings (SSSR count). The van der Waals surface area contributed by atoms with Gasteiger partial charge in [-0.15, -0.1) is 0 Å². The van der Waals surface area contributed by atoms with E-state index >= 15 is 0 Å². The minimum absolute atomic E-state index is 0.212. The number of aromatic amines is 1. The molecule has 100 valence electrons. The molecule has 0 saturated heterocycles. The molecule has 6 nitrogen and oxygen atoms in total. The monoisotopic (exact) mass is 253 g/mol. The summed E-state index contributed by atoms with van der Waals surface area (Å²) in [6.45, 7) is 4.38. The molecule has 1 aromatic rings. The molecule has 0 aliphatic rings. The first kappa shape index (κ1) is 14.2. The van der Waals surface area contributed by atoms with E-state index in [9.17, 15) is 9.59 Å². The van der Waals surface area contributed by atoms with E-state index in [2.05, 4.69) is 10.3 Å². The first-order valence-corrected chi connectivity index (χ1v) is 5.72. The summed E-state index contributed by atoms with van der Waals surface area (Å²) >= 11 is 0. The molecule has 5 N–H and O–H groups in total. The summed E-state index contributed by atoms with van der Waals surface area (Å²) in [6, 6.07) is 2.67. The molecule has 0 aliphatic heterocycles. The molecule has 0 saturated carbocycles. The third-order valence-corrected chi connectivity index (χ3v) is 2.78. The number of aliphatic carboxylic acids is 1. The van der Waals surface area contributed by atoms with Gasteiger partial charge in [0.2, 0.25) is 5.91 Å². The zero-order valence-electron chi connectivity index (χ0n) is 10.6. The Morgan fingerprint density at radius 3 is 2.72 bits per heavy atom. The van der Waals surface area contributed by atoms with Crippen molar-refractivity contribution < 1.29 is 14.7 Å². The number of hydrogen-bond donors (Lipinski definition) is 4. The summed E-state index contributed by atoms with van der Waals surface area (Å²) in [7, 11) is 0. The standard InChI is InChI=1S/C12H19N3O3/c1-12(2,9-4-3-5-14-9)7-15-10(16)6-8(13)11(17)18/h3-5,8,14H,6-7,13H2,1-2H3,(H,15,16)(H,17,18). The van der Waals surface area contributed by atoms with Crippen LogP contribution in [0.5, 0.6) is 0 Å². The number of hydrogen-bond acceptors (Lipinski definition) is 3. The van der Waals surface area contributed by atoms with Crippen molar-refractivity contribution in [3.63, 3.8) is 0 Å². The Labute approximate surface area is 106 Å². The van der Waals surface area contributed by atoms with Gasteiger partial charge >= 0.3 is 5.97 Å². The number of aromatic nitrogens is 1. The second-order valence-electron chi connectivity index (χ2n) is 4.89. The Morgan fingerprint density at radius 2 is 2.22 bits per heavy atom. The molecule has 0 spiro atoms. The highest BCUT2D eigenvalue weighted by atomic mass is 16.4. The molecule has 1 heterocycles. The maximum atomic E-state index is 11.5. The fourth-order valence-corrected chi connectivity index (χ4v) is 1.53. The summed E-state index contributed by atoms with van der Waals surface area (Å²) < 4.78 is 0. The van der Waals surface area contributed by atoms with E-state index in [1.807, 2.05) is 32.2 Å². The van der Waals surface area contributed by atoms with Crippen molar-refractivity contribution >= 4 is 11.9 Å². The first-order valence-electron chi connectivity index (χ1n) is 5.72. The molecule has 1 atom stereocenters. The van der Waals surface area contributed by atoms with E-state index in [0.717, 1.165) is 5.69 Å². The van der Waals surface area contributed by atoms with E-state index in [1.54, 1.807) is 0 Å². The predicted molar refractivity (Wildman–Crippen MR) is 67.1 cm³/mol. The molecule has 1 aromatic heterocycles. The summed E-state index contributed by atoms with van der Waals surface area (Å²) in [4.78, 5) is 25.1. The fraction of sp³-hybridized carbons (Fsp3) is 0.500. The average molecular weight is 253 g/mol. The van der Waals surface area contributed by atoms with Gasteiger partial charge in [0.25, 0.3) is 0 Å². The third-order valence-electron chi connectivity index (χ3n) is 2.78. The van der Waals surface area contributed by atoms with Gasteiger partial charge in [0.1, 0.15) is 6.04 Å². The maximum absolute atomic E-state index is 11.5. The Hall–Kier alpha value is -1.82. The van der Waals surface area contributed by atoms with Crippen LogP contribution in [0.1, 0.15) is 26.0 Å². The molecular formula is C12H19N3O3. The van der Waals surface area contributed by atoms with Crippen LogP contribution < -0.4 is 11.1 Å². The van der Waals surface area contributed by atoms with E-state index in [-0.39, 0.29) is 17.7 Å². The van der Waals surface area contributed by atoms with E-state index < -0.39 is 12.0 Å². The van der Waals surface area contributed by atoms with Crippen molar-refractivity contribution in [3.8, 4) is 0 Å². The first-order chi connectivity index (χ1) is 8.33. The number of carbonyl (C=O) groups excluding carboxylic acids is 1. The Balaban J connectivity index is 2.45. The van der Waals surface area contributed by atoms with Crippen LogP contribution in [0.3, 0.4) is 0 Å². The van der Waals surface area contributed by atoms with Gasteiger partial charge in [0.05, 0.1) is 6.42 Å². The molecule has 1 amide bonds. The van der Waals surface area contributed by atoms with E-state index in [4.69, 9.17) is 10.8 Å². The van der Waals surface area contributed by atoms with Gasteiger partial charge in [0, 0.05) is 23.9 Å². The van der Waals surface area contributed by atoms with Crippen LogP contribution in [-0.4, -0.2) is 34.6 Å². The topological polar surface area (TPSA) is 108 Å². The van der Waals surface area contributed by atoms with Crippen molar-refractivity contribution in [2.45, 2.75) is 31.7 Å². The number of nitrogens with two attached hydrogens (primary N) is 1. The van der Waals surface area contributed by atoms with Crippen LogP contribution in [-0.2, 0) is 15.0 Å². The summed E-state index contributed by atoms with van der Waals surface area (Å²) in [6.07, 6.45) is 1.61. The second kappa shape index (κ2) is 5.68. The minimum Gasteiger partial charge on any atom is -0.480 e. The molecule has 0 aliphatic carbocycles. The molecule has 1 unspecified atom stereocenters. The predicted octanol–water partition coefficient (Wildman–Crippen LogP) is 0.211. The molecule has 6 heteroatoms. The highest BCUT2D eigenvalue weighted by Crippen LogP contribution is 2.19. The van der Waals surface area contributed by atoms with Crippen molar-refractivity contribution in [2.75, 3.05) is 6.54 Å². The van der Waals surface area contributed by atoms with Crippen LogP contribution >= 0.6 is 0 Å². The number of nitrogens with one attached hydrogen (secondary N) is 2. The smallest absolute Gasteiger partial charge is 0.321 e. The van der Waals surface area contributed by atoms with E-state index in [0.29, 0.717) is 6.54 Å². The van der Waals surface area contributed by atoms with Crippen molar-refractivity contribution in [1.82, 2.24) is 10.3 Å². The Bertz CT molecular complexity index is 412. The lowest BCUT2D eigenvalue weighted by Crippen LogP contribution is -2.41. The molecule has 0 radical (unpaired) electrons. The molecule has 0 bridgehead atoms. The SMILES string of the molecule is CC(C)(CNC(=O)CC(N)C(=O)O)c1ccc[nH]1. The zero-order valence-corrected chi connectivity index (χ0v) is 10.6. The molecule has 0 fully saturated rings. The van der Waals surface area contributed by atoms with Gasteiger partial charge in [-0.05, 0) is 12.1 Å². The number of H-pyrrole nitrogens is 1. The van der Waals surface area contributed by atoms with Crippen LogP contribution in [0.2, 0.25) is 0 Å². The minimum atomic E-state index is -1.17. The number of carboxylic acid groups (broad SMARTS) is 1. The van der Waals surface area contributed by atoms with Gasteiger partial charge in [-0.3, -0.25) is 9.59 Å². The molecule has 0 aromatic carbocycles. The summed E-state index contributed by atoms with van der Waals surface area (Å²) in [5, 5.41) is 11.3. The van der Waals surface area contributed by atoms with Crippen molar-refractivity contribution in [2.24, 2.45) is 5.73 Å².